The number of rotatable bonds is 2. The molecular weight excluding hydrogens is 280 g/mol. The summed E-state index contributed by atoms with van der Waals surface area (Å²) in [5.74, 6) is 1.23. The van der Waals surface area contributed by atoms with Gasteiger partial charge >= 0.3 is 0 Å². The van der Waals surface area contributed by atoms with E-state index in [2.05, 4.69) is 25.0 Å². The van der Waals surface area contributed by atoms with Crippen molar-refractivity contribution in [2.75, 3.05) is 18.0 Å². The number of fused-ring (bicyclic) bond motifs is 1. The van der Waals surface area contributed by atoms with Gasteiger partial charge in [0.2, 0.25) is 0 Å². The molecule has 0 aromatic carbocycles. The number of nitrogens with zero attached hydrogens (tertiary/aromatic N) is 5. The summed E-state index contributed by atoms with van der Waals surface area (Å²) in [5.41, 5.74) is 1.52. The van der Waals surface area contributed by atoms with Crippen LogP contribution < -0.4 is 10.5 Å². The number of aromatic amines is 1. The molecule has 112 valence electrons. The van der Waals surface area contributed by atoms with Crippen LogP contribution in [0.3, 0.4) is 0 Å². The van der Waals surface area contributed by atoms with E-state index in [4.69, 9.17) is 0 Å². The lowest BCUT2D eigenvalue weighted by Crippen LogP contribution is -2.34. The van der Waals surface area contributed by atoms with Crippen LogP contribution in [-0.4, -0.2) is 37.7 Å². The molecule has 1 fully saturated rings. The molecule has 1 saturated heterocycles. The summed E-state index contributed by atoms with van der Waals surface area (Å²) in [5, 5.41) is 2.86. The number of aromatic nitrogens is 5. The van der Waals surface area contributed by atoms with Crippen LogP contribution in [0.5, 0.6) is 0 Å². The highest BCUT2D eigenvalue weighted by Crippen LogP contribution is 2.28. The van der Waals surface area contributed by atoms with Crippen molar-refractivity contribution >= 4 is 11.5 Å². The molecule has 0 radical (unpaired) electrons. The second-order valence-electron chi connectivity index (χ2n) is 5.50. The van der Waals surface area contributed by atoms with Gasteiger partial charge in [-0.2, -0.15) is 0 Å². The summed E-state index contributed by atoms with van der Waals surface area (Å²) in [7, 11) is 0. The molecule has 22 heavy (non-hydrogen) atoms. The molecule has 0 bridgehead atoms. The Labute approximate surface area is 126 Å². The largest absolute Gasteiger partial charge is 0.355 e. The number of H-pyrrole nitrogens is 1. The number of anilines is 1. The van der Waals surface area contributed by atoms with Crippen LogP contribution in [0, 0.1) is 0 Å². The van der Waals surface area contributed by atoms with E-state index in [0.29, 0.717) is 11.6 Å². The van der Waals surface area contributed by atoms with Crippen LogP contribution in [0.1, 0.15) is 24.5 Å². The van der Waals surface area contributed by atoms with Gasteiger partial charge in [0.05, 0.1) is 11.9 Å². The first-order valence-corrected chi connectivity index (χ1v) is 7.39. The van der Waals surface area contributed by atoms with Crippen LogP contribution in [0.15, 0.2) is 41.7 Å². The topological polar surface area (TPSA) is 79.2 Å². The Balaban J connectivity index is 1.54. The minimum Gasteiger partial charge on any atom is -0.355 e. The lowest BCUT2D eigenvalue weighted by Gasteiger charge is -2.32. The predicted molar refractivity (Wildman–Crippen MR) is 82.0 cm³/mol. The molecule has 1 aliphatic heterocycles. The van der Waals surface area contributed by atoms with Crippen LogP contribution in [-0.2, 0) is 0 Å². The molecule has 7 heteroatoms. The van der Waals surface area contributed by atoms with Crippen LogP contribution in [0.4, 0.5) is 5.82 Å². The highest BCUT2D eigenvalue weighted by atomic mass is 16.1. The van der Waals surface area contributed by atoms with Crippen LogP contribution >= 0.6 is 0 Å². The zero-order valence-electron chi connectivity index (χ0n) is 12.0. The van der Waals surface area contributed by atoms with Gasteiger partial charge in [-0.1, -0.05) is 0 Å². The van der Waals surface area contributed by atoms with E-state index in [1.165, 1.54) is 4.52 Å². The van der Waals surface area contributed by atoms with Crippen molar-refractivity contribution in [1.29, 1.82) is 0 Å². The van der Waals surface area contributed by atoms with Gasteiger partial charge in [0.1, 0.15) is 5.82 Å². The first-order valence-electron chi connectivity index (χ1n) is 7.39. The molecular formula is C15H16N6O. The Bertz CT molecular complexity index is 832. The lowest BCUT2D eigenvalue weighted by atomic mass is 9.93. The molecule has 1 aliphatic rings. The molecule has 0 saturated carbocycles. The maximum Gasteiger partial charge on any atom is 0.272 e. The third-order valence-electron chi connectivity index (χ3n) is 4.19. The molecule has 4 heterocycles. The molecule has 1 N–H and O–H groups in total. The van der Waals surface area contributed by atoms with Gasteiger partial charge < -0.3 is 4.90 Å². The van der Waals surface area contributed by atoms with E-state index in [0.717, 1.165) is 37.4 Å². The predicted octanol–water partition coefficient (Wildman–Crippen LogP) is 1.20. The Kier molecular flexibility index (Phi) is 3.10. The highest BCUT2D eigenvalue weighted by molar-refractivity contribution is 5.38. The SMILES string of the molecule is O=c1cc(C2CCN(c3cnccn3)CC2)nc2cc[nH]n12. The minimum absolute atomic E-state index is 0.0543. The van der Waals surface area contributed by atoms with Crippen molar-refractivity contribution in [3.05, 3.63) is 53.0 Å². The second-order valence-corrected chi connectivity index (χ2v) is 5.50. The van der Waals surface area contributed by atoms with E-state index in [-0.39, 0.29) is 5.56 Å². The Morgan fingerprint density at radius 2 is 2.09 bits per heavy atom. The highest BCUT2D eigenvalue weighted by Gasteiger charge is 2.23. The monoisotopic (exact) mass is 296 g/mol. The van der Waals surface area contributed by atoms with Crippen LogP contribution in [0.2, 0.25) is 0 Å². The maximum absolute atomic E-state index is 12.1. The summed E-state index contributed by atoms with van der Waals surface area (Å²) >= 11 is 0. The molecule has 7 nitrogen and oxygen atoms in total. The summed E-state index contributed by atoms with van der Waals surface area (Å²) < 4.78 is 1.46. The van der Waals surface area contributed by atoms with Crippen molar-refractivity contribution in [3.63, 3.8) is 0 Å². The summed E-state index contributed by atoms with van der Waals surface area (Å²) in [6.45, 7) is 1.80. The van der Waals surface area contributed by atoms with E-state index in [9.17, 15) is 4.79 Å². The smallest absolute Gasteiger partial charge is 0.272 e. The van der Waals surface area contributed by atoms with Crippen molar-refractivity contribution in [3.8, 4) is 0 Å². The van der Waals surface area contributed by atoms with Gasteiger partial charge in [0.25, 0.3) is 5.56 Å². The fraction of sp³-hybridized carbons (Fsp3) is 0.333. The first kappa shape index (κ1) is 13.0. The van der Waals surface area contributed by atoms with Gasteiger partial charge in [0.15, 0.2) is 5.65 Å². The Morgan fingerprint density at radius 1 is 1.23 bits per heavy atom. The van der Waals surface area contributed by atoms with Crippen molar-refractivity contribution in [2.45, 2.75) is 18.8 Å². The molecule has 0 amide bonds. The first-order chi connectivity index (χ1) is 10.8. The average molecular weight is 296 g/mol. The maximum atomic E-state index is 12.1. The molecule has 0 atom stereocenters. The van der Waals surface area contributed by atoms with Gasteiger partial charge in [0, 0.05) is 49.7 Å². The lowest BCUT2D eigenvalue weighted by molar-refractivity contribution is 0.493. The molecule has 0 spiro atoms. The molecule has 3 aromatic rings. The fourth-order valence-corrected chi connectivity index (χ4v) is 3.01. The molecule has 0 aliphatic carbocycles. The van der Waals surface area contributed by atoms with Crippen molar-refractivity contribution in [2.24, 2.45) is 0 Å². The zero-order valence-corrected chi connectivity index (χ0v) is 12.0. The number of nitrogens with one attached hydrogen (secondary N) is 1. The van der Waals surface area contributed by atoms with Crippen molar-refractivity contribution in [1.82, 2.24) is 24.6 Å². The number of hydrogen-bond donors (Lipinski definition) is 1. The molecule has 0 unspecified atom stereocenters. The summed E-state index contributed by atoms with van der Waals surface area (Å²) in [4.78, 5) is 27.3. The fourth-order valence-electron chi connectivity index (χ4n) is 3.01. The third-order valence-corrected chi connectivity index (χ3v) is 4.19. The minimum atomic E-state index is -0.0543. The number of hydrogen-bond acceptors (Lipinski definition) is 5. The molecule has 3 aromatic heterocycles. The van der Waals surface area contributed by atoms with E-state index in [1.807, 2.05) is 6.07 Å². The van der Waals surface area contributed by atoms with Crippen molar-refractivity contribution < 1.29 is 0 Å². The van der Waals surface area contributed by atoms with Gasteiger partial charge in [-0.15, -0.1) is 0 Å². The second kappa shape index (κ2) is 5.25. The Morgan fingerprint density at radius 3 is 2.86 bits per heavy atom. The standard InChI is InChI=1S/C15H16N6O/c22-15-9-12(19-13-1-4-18-21(13)15)11-2-7-20(8-3-11)14-10-16-5-6-17-14/h1,4-6,9-11,18H,2-3,7-8H2. The third kappa shape index (κ3) is 2.24. The quantitative estimate of drug-likeness (QED) is 0.768. The van der Waals surface area contributed by atoms with Crippen LogP contribution in [0.25, 0.3) is 5.65 Å². The van der Waals surface area contributed by atoms with Gasteiger partial charge in [-0.05, 0) is 12.8 Å². The average Bonchev–Trinajstić information content (AvgIpc) is 3.05. The number of piperidine rings is 1. The normalized spacial score (nSPS) is 16.3. The van der Waals surface area contributed by atoms with E-state index < -0.39 is 0 Å². The van der Waals surface area contributed by atoms with Gasteiger partial charge in [-0.3, -0.25) is 14.9 Å². The van der Waals surface area contributed by atoms with Gasteiger partial charge in [-0.25, -0.2) is 14.5 Å². The summed E-state index contributed by atoms with van der Waals surface area (Å²) in [6, 6.07) is 3.46. The molecule has 4 rings (SSSR count). The summed E-state index contributed by atoms with van der Waals surface area (Å²) in [6.07, 6.45) is 8.83. The van der Waals surface area contributed by atoms with E-state index in [1.54, 1.807) is 30.9 Å². The van der Waals surface area contributed by atoms with E-state index >= 15 is 0 Å². The zero-order chi connectivity index (χ0) is 14.9. The Hall–Kier alpha value is -2.70.